The van der Waals surface area contributed by atoms with Gasteiger partial charge in [0.05, 0.1) is 19.4 Å². The van der Waals surface area contributed by atoms with E-state index in [0.717, 1.165) is 29.1 Å². The summed E-state index contributed by atoms with van der Waals surface area (Å²) in [7, 11) is 1.53. The maximum absolute atomic E-state index is 13.9. The lowest BCUT2D eigenvalue weighted by molar-refractivity contribution is -0.136. The Morgan fingerprint density at radius 1 is 1.26 bits per heavy atom. The first-order chi connectivity index (χ1) is 17.0. The molecule has 12 heteroatoms. The van der Waals surface area contributed by atoms with Crippen LogP contribution in [0.15, 0.2) is 40.8 Å². The summed E-state index contributed by atoms with van der Waals surface area (Å²) in [6.45, 7) is 2.82. The highest BCUT2D eigenvalue weighted by Gasteiger charge is 2.40. The van der Waals surface area contributed by atoms with E-state index in [0.29, 0.717) is 42.1 Å². The highest BCUT2D eigenvalue weighted by atomic mass is 35.5. The van der Waals surface area contributed by atoms with Gasteiger partial charge in [-0.1, -0.05) is 46.7 Å². The number of hydrogen-bond acceptors (Lipinski definition) is 7. The molecule has 0 bridgehead atoms. The SMILES string of the molecule is COc1nnc2n1C1SC(CCC(=O)O)=CC1=C(c1ccccc1Cl)N(C(=O)N1CCNCC1)C2. The van der Waals surface area contributed by atoms with Crippen LogP contribution in [0.2, 0.25) is 5.02 Å². The van der Waals surface area contributed by atoms with Gasteiger partial charge in [-0.25, -0.2) is 4.79 Å². The van der Waals surface area contributed by atoms with Gasteiger partial charge in [0.25, 0.3) is 0 Å². The number of hydrogen-bond donors (Lipinski definition) is 2. The molecule has 35 heavy (non-hydrogen) atoms. The van der Waals surface area contributed by atoms with E-state index < -0.39 is 5.97 Å². The molecule has 2 N–H and O–H groups in total. The molecule has 0 spiro atoms. The average Bonchev–Trinajstić information content (AvgIpc) is 3.44. The lowest BCUT2D eigenvalue weighted by Gasteiger charge is -2.34. The Kier molecular flexibility index (Phi) is 6.72. The number of methoxy groups -OCH3 is 1. The smallest absolute Gasteiger partial charge is 0.325 e. The highest BCUT2D eigenvalue weighted by molar-refractivity contribution is 8.03. The molecule has 1 atom stereocenters. The molecule has 3 aliphatic rings. The number of aromatic nitrogens is 3. The van der Waals surface area contributed by atoms with Crippen molar-refractivity contribution in [2.75, 3.05) is 33.3 Å². The molecule has 1 aromatic heterocycles. The van der Waals surface area contributed by atoms with E-state index in [4.69, 9.17) is 16.3 Å². The molecular formula is C23H25ClN6O4S. The number of carbonyl (C=O) groups is 2. The fourth-order valence-corrected chi connectivity index (χ4v) is 6.09. The fraction of sp³-hybridized carbons (Fsp3) is 0.391. The molecule has 1 unspecified atom stereocenters. The van der Waals surface area contributed by atoms with E-state index in [1.165, 1.54) is 18.9 Å². The lowest BCUT2D eigenvalue weighted by atomic mass is 10.0. The number of urea groups is 1. The van der Waals surface area contributed by atoms with E-state index in [-0.39, 0.29) is 24.4 Å². The zero-order valence-corrected chi connectivity index (χ0v) is 20.7. The molecule has 5 rings (SSSR count). The van der Waals surface area contributed by atoms with E-state index in [1.54, 1.807) is 11.0 Å². The predicted molar refractivity (Wildman–Crippen MR) is 132 cm³/mol. The number of piperazine rings is 1. The quantitative estimate of drug-likeness (QED) is 0.623. The van der Waals surface area contributed by atoms with Gasteiger partial charge in [-0.05, 0) is 23.5 Å². The Hall–Kier alpha value is -3.02. The van der Waals surface area contributed by atoms with Crippen molar-refractivity contribution < 1.29 is 19.4 Å². The second-order valence-electron chi connectivity index (χ2n) is 8.34. The number of carboxylic acids is 1. The third-order valence-corrected chi connectivity index (χ3v) is 7.82. The summed E-state index contributed by atoms with van der Waals surface area (Å²) in [5.74, 6) is -0.285. The second kappa shape index (κ2) is 9.92. The molecule has 1 aromatic carbocycles. The first kappa shape index (κ1) is 23.7. The van der Waals surface area contributed by atoms with E-state index in [1.807, 2.05) is 33.7 Å². The van der Waals surface area contributed by atoms with Gasteiger partial charge >= 0.3 is 18.0 Å². The molecular weight excluding hydrogens is 492 g/mol. The van der Waals surface area contributed by atoms with Crippen LogP contribution in [0.25, 0.3) is 5.70 Å². The number of amides is 2. The Morgan fingerprint density at radius 2 is 2.03 bits per heavy atom. The minimum atomic E-state index is -0.864. The number of halogens is 1. The summed E-state index contributed by atoms with van der Waals surface area (Å²) in [5, 5.41) is 21.2. The summed E-state index contributed by atoms with van der Waals surface area (Å²) in [5.41, 5.74) is 2.25. The van der Waals surface area contributed by atoms with Crippen LogP contribution in [0.5, 0.6) is 6.01 Å². The van der Waals surface area contributed by atoms with Crippen LogP contribution in [0.4, 0.5) is 4.79 Å². The molecule has 4 heterocycles. The monoisotopic (exact) mass is 516 g/mol. The van der Waals surface area contributed by atoms with Gasteiger partial charge in [0.15, 0.2) is 5.82 Å². The van der Waals surface area contributed by atoms with E-state index in [2.05, 4.69) is 15.5 Å². The van der Waals surface area contributed by atoms with Crippen LogP contribution < -0.4 is 10.1 Å². The Bertz CT molecular complexity index is 1220. The molecule has 2 aromatic rings. The van der Waals surface area contributed by atoms with Crippen LogP contribution in [0.1, 0.15) is 29.6 Å². The van der Waals surface area contributed by atoms with Gasteiger partial charge in [-0.3, -0.25) is 14.3 Å². The van der Waals surface area contributed by atoms with Crippen LogP contribution in [-0.4, -0.2) is 75.0 Å². The number of carboxylic acid groups (broad SMARTS) is 1. The maximum Gasteiger partial charge on any atom is 0.325 e. The third-order valence-electron chi connectivity index (χ3n) is 6.17. The summed E-state index contributed by atoms with van der Waals surface area (Å²) in [6.07, 6.45) is 2.36. The van der Waals surface area contributed by atoms with Crippen LogP contribution >= 0.6 is 23.4 Å². The number of nitrogens with zero attached hydrogens (tertiary/aromatic N) is 5. The third kappa shape index (κ3) is 4.51. The molecule has 3 aliphatic heterocycles. The number of carbonyl (C=O) groups excluding carboxylic acids is 1. The minimum absolute atomic E-state index is 0.00977. The van der Waals surface area contributed by atoms with Gasteiger partial charge in [0.2, 0.25) is 0 Å². The minimum Gasteiger partial charge on any atom is -0.481 e. The molecule has 0 aliphatic carbocycles. The van der Waals surface area contributed by atoms with Crippen LogP contribution in [0, 0.1) is 0 Å². The van der Waals surface area contributed by atoms with Crippen molar-refractivity contribution >= 4 is 41.1 Å². The zero-order chi connectivity index (χ0) is 24.5. The summed E-state index contributed by atoms with van der Waals surface area (Å²) in [4.78, 5) is 29.6. The number of thioether (sulfide) groups is 1. The summed E-state index contributed by atoms with van der Waals surface area (Å²) >= 11 is 8.20. The summed E-state index contributed by atoms with van der Waals surface area (Å²) < 4.78 is 7.40. The number of fused-ring (bicyclic) bond motifs is 3. The van der Waals surface area contributed by atoms with Crippen molar-refractivity contribution in [2.24, 2.45) is 0 Å². The normalized spacial score (nSPS) is 19.7. The Labute approximate surface area is 211 Å². The van der Waals surface area contributed by atoms with Gasteiger partial charge in [0, 0.05) is 48.8 Å². The number of benzene rings is 1. The molecule has 2 amide bonds. The number of aliphatic carboxylic acids is 1. The van der Waals surface area contributed by atoms with Crippen molar-refractivity contribution in [3.05, 3.63) is 57.2 Å². The van der Waals surface area contributed by atoms with Crippen molar-refractivity contribution in [3.63, 3.8) is 0 Å². The Balaban J connectivity index is 1.70. The van der Waals surface area contributed by atoms with E-state index in [9.17, 15) is 14.7 Å². The number of nitrogens with one attached hydrogen (secondary N) is 1. The first-order valence-corrected chi connectivity index (χ1v) is 12.6. The standard InChI is InChI=1S/C23H25ClN6O4S/c1-34-22-27-26-18-13-29(23(33)28-10-8-25-9-11-28)20(15-4-2-3-5-17(15)24)16-12-14(6-7-19(31)32)35-21(16)30(18)22/h2-5,12,21,25H,6-11,13H2,1H3,(H,31,32). The van der Waals surface area contributed by atoms with Gasteiger partial charge in [-0.2, -0.15) is 0 Å². The average molecular weight is 517 g/mol. The molecule has 0 saturated carbocycles. The number of rotatable bonds is 5. The number of ether oxygens (including phenoxy) is 1. The first-order valence-electron chi connectivity index (χ1n) is 11.3. The maximum atomic E-state index is 13.9. The lowest BCUT2D eigenvalue weighted by Crippen LogP contribution is -2.51. The van der Waals surface area contributed by atoms with Crippen LogP contribution in [-0.2, 0) is 11.3 Å². The molecule has 0 radical (unpaired) electrons. The van der Waals surface area contributed by atoms with Crippen molar-refractivity contribution in [2.45, 2.75) is 24.8 Å². The predicted octanol–water partition coefficient (Wildman–Crippen LogP) is 3.19. The topological polar surface area (TPSA) is 113 Å². The summed E-state index contributed by atoms with van der Waals surface area (Å²) in [6, 6.07) is 7.63. The largest absolute Gasteiger partial charge is 0.481 e. The fourth-order valence-electron chi connectivity index (χ4n) is 4.53. The molecule has 10 nitrogen and oxygen atoms in total. The van der Waals surface area contributed by atoms with Crippen molar-refractivity contribution in [1.29, 1.82) is 0 Å². The van der Waals surface area contributed by atoms with Crippen molar-refractivity contribution in [1.82, 2.24) is 29.9 Å². The van der Waals surface area contributed by atoms with E-state index >= 15 is 0 Å². The van der Waals surface area contributed by atoms with Crippen LogP contribution in [0.3, 0.4) is 0 Å². The van der Waals surface area contributed by atoms with Crippen molar-refractivity contribution in [3.8, 4) is 6.01 Å². The van der Waals surface area contributed by atoms with Gasteiger partial charge in [0.1, 0.15) is 5.37 Å². The number of allylic oxidation sites excluding steroid dienone is 2. The van der Waals surface area contributed by atoms with Gasteiger partial charge in [-0.15, -0.1) is 5.10 Å². The Morgan fingerprint density at radius 3 is 2.74 bits per heavy atom. The molecule has 1 fully saturated rings. The molecule has 1 saturated heterocycles. The highest BCUT2D eigenvalue weighted by Crippen LogP contribution is 2.52. The van der Waals surface area contributed by atoms with Gasteiger partial charge < -0.3 is 20.1 Å². The molecule has 184 valence electrons. The second-order valence-corrected chi connectivity index (χ2v) is 9.95. The zero-order valence-electron chi connectivity index (χ0n) is 19.1.